The van der Waals surface area contributed by atoms with Crippen molar-refractivity contribution < 1.29 is 9.84 Å². The van der Waals surface area contributed by atoms with Crippen LogP contribution < -0.4 is 16.0 Å². The van der Waals surface area contributed by atoms with Gasteiger partial charge in [-0.1, -0.05) is 30.3 Å². The molecule has 38 heavy (non-hydrogen) atoms. The first-order valence-electron chi connectivity index (χ1n) is 11.9. The highest BCUT2D eigenvalue weighted by atomic mass is 16.5. The lowest BCUT2D eigenvalue weighted by atomic mass is 10.1. The normalized spacial score (nSPS) is 11.3. The molecule has 0 aliphatic carbocycles. The van der Waals surface area contributed by atoms with Gasteiger partial charge in [-0.15, -0.1) is 0 Å². The Morgan fingerprint density at radius 3 is 2.66 bits per heavy atom. The molecule has 0 atom stereocenters. The number of ether oxygens (including phenoxy) is 1. The molecule has 0 saturated heterocycles. The molecule has 4 heterocycles. The highest BCUT2D eigenvalue weighted by molar-refractivity contribution is 5.98. The molecule has 0 radical (unpaired) electrons. The number of nitrogens with two attached hydrogens (primary N) is 1. The Labute approximate surface area is 216 Å². The monoisotopic (exact) mass is 505 g/mol. The summed E-state index contributed by atoms with van der Waals surface area (Å²) in [4.78, 5) is 27.1. The summed E-state index contributed by atoms with van der Waals surface area (Å²) in [6.07, 6.45) is 2.99. The summed E-state index contributed by atoms with van der Waals surface area (Å²) in [6, 6.07) is 17.9. The van der Waals surface area contributed by atoms with Crippen LogP contribution in [0.1, 0.15) is 11.3 Å². The van der Waals surface area contributed by atoms with Gasteiger partial charge in [-0.25, -0.2) is 19.6 Å². The lowest BCUT2D eigenvalue weighted by molar-refractivity contribution is 0.409. The van der Waals surface area contributed by atoms with Gasteiger partial charge in [0.05, 0.1) is 30.1 Å². The molecule has 0 aliphatic rings. The number of benzene rings is 2. The van der Waals surface area contributed by atoms with Crippen molar-refractivity contribution in [3.63, 3.8) is 0 Å². The molecule has 0 aliphatic heterocycles. The summed E-state index contributed by atoms with van der Waals surface area (Å²) in [5.41, 5.74) is 9.20. The van der Waals surface area contributed by atoms with E-state index in [0.29, 0.717) is 44.9 Å². The van der Waals surface area contributed by atoms with E-state index in [1.54, 1.807) is 52.9 Å². The molecule has 6 aromatic rings. The quantitative estimate of drug-likeness (QED) is 0.361. The molecule has 3 N–H and O–H groups in total. The molecule has 0 fully saturated rings. The van der Waals surface area contributed by atoms with Crippen molar-refractivity contribution in [2.45, 2.75) is 13.5 Å². The Hall–Kier alpha value is -5.25. The number of hydrogen-bond acceptors (Lipinski definition) is 8. The smallest absolute Gasteiger partial charge is 0.264 e. The van der Waals surface area contributed by atoms with E-state index in [-0.39, 0.29) is 23.7 Å². The fraction of sp³-hybridized carbons (Fsp3) is 0.107. The van der Waals surface area contributed by atoms with Crippen LogP contribution in [-0.2, 0) is 6.54 Å². The standard InChI is InChI=1S/C28H23N7O3/c1-16-6-3-7-17-12-19(35(28(37)22(16)17)26-21(38-2)10-5-11-30-26)14-34-27-23(25(29)31-15-32-27)24(33-34)18-8-4-9-20(36)13-18/h3-13,15,36H,14H2,1-2H3,(H2,29,31,32). The average molecular weight is 506 g/mol. The van der Waals surface area contributed by atoms with Gasteiger partial charge in [0.25, 0.3) is 5.56 Å². The Kier molecular flexibility index (Phi) is 5.49. The van der Waals surface area contributed by atoms with Gasteiger partial charge in [0, 0.05) is 11.8 Å². The van der Waals surface area contributed by atoms with Crippen molar-refractivity contribution >= 4 is 27.6 Å². The van der Waals surface area contributed by atoms with Gasteiger partial charge in [-0.05, 0) is 48.2 Å². The number of nitrogens with zero attached hydrogens (tertiary/aromatic N) is 6. The van der Waals surface area contributed by atoms with Crippen LogP contribution >= 0.6 is 0 Å². The minimum atomic E-state index is -0.216. The second kappa shape index (κ2) is 9.00. The Balaban J connectivity index is 1.63. The third kappa shape index (κ3) is 3.70. The number of rotatable bonds is 5. The van der Waals surface area contributed by atoms with E-state index in [9.17, 15) is 9.90 Å². The Bertz CT molecular complexity index is 1910. The molecule has 6 rings (SSSR count). The maximum absolute atomic E-state index is 14.0. The van der Waals surface area contributed by atoms with E-state index < -0.39 is 0 Å². The van der Waals surface area contributed by atoms with Gasteiger partial charge in [0.15, 0.2) is 17.2 Å². The molecule has 4 aromatic heterocycles. The molecule has 0 saturated carbocycles. The zero-order chi connectivity index (χ0) is 26.4. The summed E-state index contributed by atoms with van der Waals surface area (Å²) in [5.74, 6) is 1.19. The van der Waals surface area contributed by atoms with Crippen molar-refractivity contribution in [3.8, 4) is 28.6 Å². The number of methoxy groups -OCH3 is 1. The van der Waals surface area contributed by atoms with Crippen LogP contribution in [0.15, 0.2) is 78.0 Å². The maximum atomic E-state index is 14.0. The molecule has 0 amide bonds. The van der Waals surface area contributed by atoms with Gasteiger partial charge in [-0.3, -0.25) is 9.36 Å². The average Bonchev–Trinajstić information content (AvgIpc) is 3.28. The Morgan fingerprint density at radius 2 is 1.84 bits per heavy atom. The van der Waals surface area contributed by atoms with Gasteiger partial charge >= 0.3 is 0 Å². The van der Waals surface area contributed by atoms with E-state index >= 15 is 0 Å². The number of anilines is 1. The zero-order valence-corrected chi connectivity index (χ0v) is 20.7. The summed E-state index contributed by atoms with van der Waals surface area (Å²) >= 11 is 0. The number of aromatic hydroxyl groups is 1. The highest BCUT2D eigenvalue weighted by Gasteiger charge is 2.21. The topological polar surface area (TPSA) is 134 Å². The van der Waals surface area contributed by atoms with Gasteiger partial charge < -0.3 is 15.6 Å². The van der Waals surface area contributed by atoms with Crippen molar-refractivity contribution in [1.29, 1.82) is 0 Å². The highest BCUT2D eigenvalue weighted by Crippen LogP contribution is 2.32. The van der Waals surface area contributed by atoms with Crippen LogP contribution in [0.25, 0.3) is 38.9 Å². The second-order valence-electron chi connectivity index (χ2n) is 8.86. The molecule has 188 valence electrons. The maximum Gasteiger partial charge on any atom is 0.264 e. The molecular weight excluding hydrogens is 482 g/mol. The number of phenols is 1. The minimum Gasteiger partial charge on any atom is -0.508 e. The van der Waals surface area contributed by atoms with Crippen LogP contribution in [0.4, 0.5) is 5.82 Å². The second-order valence-corrected chi connectivity index (χ2v) is 8.86. The molecule has 0 spiro atoms. The van der Waals surface area contributed by atoms with E-state index in [1.807, 2.05) is 37.3 Å². The number of nitrogen functional groups attached to an aromatic ring is 1. The third-order valence-corrected chi connectivity index (χ3v) is 6.50. The van der Waals surface area contributed by atoms with Crippen LogP contribution in [0.2, 0.25) is 0 Å². The first kappa shape index (κ1) is 23.2. The van der Waals surface area contributed by atoms with E-state index in [0.717, 1.165) is 10.9 Å². The summed E-state index contributed by atoms with van der Waals surface area (Å²) in [5, 5.41) is 16.8. The third-order valence-electron chi connectivity index (χ3n) is 6.50. The lowest BCUT2D eigenvalue weighted by Crippen LogP contribution is -2.25. The lowest BCUT2D eigenvalue weighted by Gasteiger charge is -2.17. The fourth-order valence-electron chi connectivity index (χ4n) is 4.80. The largest absolute Gasteiger partial charge is 0.508 e. The SMILES string of the molecule is COc1cccnc1-n1c(Cn2nc(-c3cccc(O)c3)c3c(N)ncnc32)cc2cccc(C)c2c1=O. The summed E-state index contributed by atoms with van der Waals surface area (Å²) in [6.45, 7) is 2.08. The molecular formula is C28H23N7O3. The molecule has 2 aromatic carbocycles. The fourth-order valence-corrected chi connectivity index (χ4v) is 4.80. The number of phenolic OH excluding ortho intramolecular Hbond substituents is 1. The van der Waals surface area contributed by atoms with Gasteiger partial charge in [-0.2, -0.15) is 5.10 Å². The van der Waals surface area contributed by atoms with E-state index in [4.69, 9.17) is 15.6 Å². The molecule has 0 bridgehead atoms. The predicted molar refractivity (Wildman–Crippen MR) is 145 cm³/mol. The predicted octanol–water partition coefficient (Wildman–Crippen LogP) is 3.85. The first-order valence-corrected chi connectivity index (χ1v) is 11.9. The Morgan fingerprint density at radius 1 is 1.00 bits per heavy atom. The van der Waals surface area contributed by atoms with Crippen LogP contribution in [0, 0.1) is 6.92 Å². The van der Waals surface area contributed by atoms with Crippen molar-refractivity contribution in [2.75, 3.05) is 12.8 Å². The number of aromatic nitrogens is 6. The van der Waals surface area contributed by atoms with Crippen LogP contribution in [0.3, 0.4) is 0 Å². The number of pyridine rings is 2. The van der Waals surface area contributed by atoms with Gasteiger partial charge in [0.2, 0.25) is 0 Å². The van der Waals surface area contributed by atoms with Crippen molar-refractivity contribution in [1.82, 2.24) is 29.3 Å². The summed E-state index contributed by atoms with van der Waals surface area (Å²) in [7, 11) is 1.54. The number of hydrogen-bond donors (Lipinski definition) is 2. The first-order chi connectivity index (χ1) is 18.5. The van der Waals surface area contributed by atoms with Crippen molar-refractivity contribution in [2.24, 2.45) is 0 Å². The van der Waals surface area contributed by atoms with Crippen LogP contribution in [-0.4, -0.2) is 41.5 Å². The van der Waals surface area contributed by atoms with E-state index in [1.165, 1.54) is 6.33 Å². The van der Waals surface area contributed by atoms with Crippen LogP contribution in [0.5, 0.6) is 11.5 Å². The van der Waals surface area contributed by atoms with Gasteiger partial charge in [0.1, 0.15) is 23.6 Å². The molecule has 10 nitrogen and oxygen atoms in total. The number of aryl methyl sites for hydroxylation is 1. The summed E-state index contributed by atoms with van der Waals surface area (Å²) < 4.78 is 8.79. The number of fused-ring (bicyclic) bond motifs is 2. The zero-order valence-electron chi connectivity index (χ0n) is 20.7. The van der Waals surface area contributed by atoms with E-state index in [2.05, 4.69) is 15.0 Å². The van der Waals surface area contributed by atoms with Crippen molar-refractivity contribution in [3.05, 3.63) is 94.8 Å². The molecule has 10 heteroatoms. The molecule has 0 unspecified atom stereocenters. The minimum absolute atomic E-state index is 0.0987.